The van der Waals surface area contributed by atoms with Gasteiger partial charge in [-0.1, -0.05) is 93.6 Å². The van der Waals surface area contributed by atoms with Crippen molar-refractivity contribution >= 4 is 30.4 Å². The van der Waals surface area contributed by atoms with E-state index in [-0.39, 0.29) is 17.4 Å². The van der Waals surface area contributed by atoms with Gasteiger partial charge in [-0.25, -0.2) is 0 Å². The van der Waals surface area contributed by atoms with Crippen LogP contribution in [-0.4, -0.2) is 26.7 Å². The summed E-state index contributed by atoms with van der Waals surface area (Å²) < 4.78 is 12.4. The van der Waals surface area contributed by atoms with E-state index < -0.39 is 20.2 Å². The van der Waals surface area contributed by atoms with E-state index in [0.717, 1.165) is 11.3 Å². The average Bonchev–Trinajstić information content (AvgIpc) is 2.83. The largest absolute Gasteiger partial charge is 0.534 e. The summed E-state index contributed by atoms with van der Waals surface area (Å²) >= 11 is 0. The lowest BCUT2D eigenvalue weighted by atomic mass is 9.82. The summed E-state index contributed by atoms with van der Waals surface area (Å²) in [5, 5.41) is 2.17. The van der Waals surface area contributed by atoms with Crippen molar-refractivity contribution in [3.63, 3.8) is 0 Å². The van der Waals surface area contributed by atoms with Crippen molar-refractivity contribution in [2.75, 3.05) is 6.61 Å². The Labute approximate surface area is 203 Å². The highest BCUT2D eigenvalue weighted by molar-refractivity contribution is 7.00. The Morgan fingerprint density at radius 1 is 0.912 bits per heavy atom. The van der Waals surface area contributed by atoms with E-state index in [2.05, 4.69) is 69.3 Å². The molecular formula is C29H32O4Si. The second-order valence-electron chi connectivity index (χ2n) is 9.76. The Morgan fingerprint density at radius 3 is 2.03 bits per heavy atom. The Balaban J connectivity index is 1.85. The van der Waals surface area contributed by atoms with Crippen LogP contribution in [0.4, 0.5) is 0 Å². The van der Waals surface area contributed by atoms with Crippen LogP contribution in [0.15, 0.2) is 78.9 Å². The van der Waals surface area contributed by atoms with Gasteiger partial charge < -0.3 is 9.16 Å². The number of carbonyl (C=O) groups is 2. The minimum Gasteiger partial charge on any atom is -0.534 e. The normalized spacial score (nSPS) is 16.0. The first kappa shape index (κ1) is 24.0. The molecule has 0 heterocycles. The summed E-state index contributed by atoms with van der Waals surface area (Å²) in [4.78, 5) is 25.6. The van der Waals surface area contributed by atoms with Crippen molar-refractivity contribution < 1.29 is 18.8 Å². The number of benzene rings is 3. The first-order valence-corrected chi connectivity index (χ1v) is 13.8. The van der Waals surface area contributed by atoms with Gasteiger partial charge in [-0.3, -0.25) is 9.59 Å². The van der Waals surface area contributed by atoms with Crippen molar-refractivity contribution in [1.29, 1.82) is 0 Å². The second kappa shape index (κ2) is 9.59. The molecule has 5 heteroatoms. The van der Waals surface area contributed by atoms with E-state index in [1.165, 1.54) is 10.4 Å². The molecule has 4 rings (SSSR count). The molecule has 3 aromatic rings. The van der Waals surface area contributed by atoms with E-state index in [4.69, 9.17) is 9.16 Å². The number of ether oxygens (including phenoxy) is 1. The molecule has 34 heavy (non-hydrogen) atoms. The summed E-state index contributed by atoms with van der Waals surface area (Å²) in [6.07, 6.45) is 1.03. The minimum absolute atomic E-state index is 0.174. The van der Waals surface area contributed by atoms with Crippen molar-refractivity contribution in [2.45, 2.75) is 45.6 Å². The molecule has 0 saturated heterocycles. The van der Waals surface area contributed by atoms with Crippen LogP contribution in [0, 0.1) is 5.92 Å². The zero-order chi connectivity index (χ0) is 24.3. The van der Waals surface area contributed by atoms with Gasteiger partial charge in [-0.05, 0) is 41.2 Å². The molecule has 0 fully saturated rings. The second-order valence-corrected chi connectivity index (χ2v) is 14.0. The highest BCUT2D eigenvalue weighted by Crippen LogP contribution is 2.40. The predicted octanol–water partition coefficient (Wildman–Crippen LogP) is 4.93. The smallest absolute Gasteiger partial charge is 0.319 e. The quantitative estimate of drug-likeness (QED) is 0.290. The Kier molecular flexibility index (Phi) is 6.76. The van der Waals surface area contributed by atoms with Gasteiger partial charge in [0, 0.05) is 11.1 Å². The zero-order valence-corrected chi connectivity index (χ0v) is 21.3. The summed E-state index contributed by atoms with van der Waals surface area (Å²) in [5.74, 6) is -0.609. The number of esters is 1. The van der Waals surface area contributed by atoms with E-state index in [1.807, 2.05) is 24.3 Å². The third-order valence-corrected chi connectivity index (χ3v) is 11.6. The van der Waals surface area contributed by atoms with E-state index in [9.17, 15) is 9.59 Å². The first-order chi connectivity index (χ1) is 16.3. The molecule has 0 bridgehead atoms. The standard InChI is InChI=1S/C29H32O4Si/c1-5-32-28(31)25-20-19-23-24(27(25)30)17-12-18-26(23)33-34(29(2,3)4,21-13-8-6-9-14-21)22-15-10-7-11-16-22/h6-18,25H,5,19-20H2,1-4H3/t25-/m1/s1. The molecule has 1 aliphatic carbocycles. The van der Waals surface area contributed by atoms with Gasteiger partial charge in [0.15, 0.2) is 5.78 Å². The highest BCUT2D eigenvalue weighted by Gasteiger charge is 2.52. The molecule has 0 N–H and O–H groups in total. The van der Waals surface area contributed by atoms with Crippen LogP contribution < -0.4 is 14.8 Å². The van der Waals surface area contributed by atoms with Gasteiger partial charge in [0.1, 0.15) is 11.7 Å². The number of rotatable bonds is 6. The average molecular weight is 473 g/mol. The van der Waals surface area contributed by atoms with Crippen LogP contribution >= 0.6 is 0 Å². The molecule has 176 valence electrons. The fraction of sp³-hybridized carbons (Fsp3) is 0.310. The van der Waals surface area contributed by atoms with Gasteiger partial charge >= 0.3 is 14.3 Å². The Bertz CT molecular complexity index is 1130. The Hall–Kier alpha value is -3.18. The molecule has 0 spiro atoms. The lowest BCUT2D eigenvalue weighted by molar-refractivity contribution is -0.146. The van der Waals surface area contributed by atoms with E-state index >= 15 is 0 Å². The van der Waals surface area contributed by atoms with Crippen LogP contribution in [0.25, 0.3) is 0 Å². The van der Waals surface area contributed by atoms with Crippen molar-refractivity contribution in [1.82, 2.24) is 0 Å². The van der Waals surface area contributed by atoms with E-state index in [0.29, 0.717) is 18.4 Å². The maximum Gasteiger partial charge on any atom is 0.319 e. The molecule has 0 unspecified atom stereocenters. The molecule has 1 aliphatic rings. The number of hydrogen-bond acceptors (Lipinski definition) is 4. The summed E-state index contributed by atoms with van der Waals surface area (Å²) in [6, 6.07) is 26.5. The van der Waals surface area contributed by atoms with Crippen molar-refractivity contribution in [3.8, 4) is 5.75 Å². The summed E-state index contributed by atoms with van der Waals surface area (Å²) in [5.41, 5.74) is 1.46. The number of carbonyl (C=O) groups excluding carboxylic acids is 2. The first-order valence-electron chi connectivity index (χ1n) is 11.9. The highest BCUT2D eigenvalue weighted by atomic mass is 28.4. The van der Waals surface area contributed by atoms with Gasteiger partial charge in [-0.15, -0.1) is 0 Å². The van der Waals surface area contributed by atoms with Gasteiger partial charge in [0.05, 0.1) is 6.61 Å². The SMILES string of the molecule is CCOC(=O)[C@@H]1CCc2c(O[Si](c3ccccc3)(c3ccccc3)C(C)(C)C)cccc2C1=O. The molecule has 0 aliphatic heterocycles. The number of hydrogen-bond donors (Lipinski definition) is 0. The van der Waals surface area contributed by atoms with Crippen LogP contribution in [0.5, 0.6) is 5.75 Å². The molecule has 0 radical (unpaired) electrons. The van der Waals surface area contributed by atoms with Crippen LogP contribution in [-0.2, 0) is 16.0 Å². The van der Waals surface area contributed by atoms with Gasteiger partial charge in [0.2, 0.25) is 0 Å². The predicted molar refractivity (Wildman–Crippen MR) is 137 cm³/mol. The summed E-state index contributed by atoms with van der Waals surface area (Å²) in [6.45, 7) is 8.73. The van der Waals surface area contributed by atoms with Crippen molar-refractivity contribution in [2.24, 2.45) is 5.92 Å². The minimum atomic E-state index is -2.83. The number of ketones is 1. The number of fused-ring (bicyclic) bond motifs is 1. The molecule has 3 aromatic carbocycles. The monoisotopic (exact) mass is 472 g/mol. The van der Waals surface area contributed by atoms with Crippen LogP contribution in [0.3, 0.4) is 0 Å². The molecule has 0 amide bonds. The molecule has 1 atom stereocenters. The fourth-order valence-electron chi connectivity index (χ4n) is 5.04. The third kappa shape index (κ3) is 4.21. The number of Topliss-reactive ketones (excluding diaryl/α,β-unsaturated/α-hetero) is 1. The topological polar surface area (TPSA) is 52.6 Å². The van der Waals surface area contributed by atoms with E-state index in [1.54, 1.807) is 13.0 Å². The lowest BCUT2D eigenvalue weighted by Crippen LogP contribution is -2.69. The van der Waals surface area contributed by atoms with Crippen molar-refractivity contribution in [3.05, 3.63) is 90.0 Å². The fourth-order valence-corrected chi connectivity index (χ4v) is 9.49. The Morgan fingerprint density at radius 2 is 1.50 bits per heavy atom. The maximum atomic E-state index is 13.2. The molecule has 4 nitrogen and oxygen atoms in total. The zero-order valence-electron chi connectivity index (χ0n) is 20.3. The van der Waals surface area contributed by atoms with Crippen LogP contribution in [0.1, 0.15) is 50.0 Å². The molecule has 0 aromatic heterocycles. The third-order valence-electron chi connectivity index (χ3n) is 6.65. The maximum absolute atomic E-state index is 13.2. The van der Waals surface area contributed by atoms with Gasteiger partial charge in [0.25, 0.3) is 0 Å². The molecule has 0 saturated carbocycles. The molecular weight excluding hydrogens is 440 g/mol. The summed E-state index contributed by atoms with van der Waals surface area (Å²) in [7, 11) is -2.83. The van der Waals surface area contributed by atoms with Crippen LogP contribution in [0.2, 0.25) is 5.04 Å². The van der Waals surface area contributed by atoms with Gasteiger partial charge in [-0.2, -0.15) is 0 Å². The lowest BCUT2D eigenvalue weighted by Gasteiger charge is -2.43.